The Morgan fingerprint density at radius 1 is 0.969 bits per heavy atom. The van der Waals surface area contributed by atoms with E-state index in [4.69, 9.17) is 4.74 Å². The molecule has 32 heavy (non-hydrogen) atoms. The summed E-state index contributed by atoms with van der Waals surface area (Å²) in [7, 11) is -4.32. The van der Waals surface area contributed by atoms with E-state index in [1.165, 1.54) is 30.3 Å². The molecule has 166 valence electrons. The van der Waals surface area contributed by atoms with E-state index >= 15 is 0 Å². The molecule has 0 bridgehead atoms. The number of carbonyl (C=O) groups excluding carboxylic acids is 1. The van der Waals surface area contributed by atoms with Gasteiger partial charge in [0.05, 0.1) is 28.3 Å². The third-order valence-corrected chi connectivity index (χ3v) is 6.16. The van der Waals surface area contributed by atoms with Crippen LogP contribution in [0.2, 0.25) is 0 Å². The lowest BCUT2D eigenvalue weighted by molar-refractivity contribution is -0.137. The zero-order chi connectivity index (χ0) is 23.4. The summed E-state index contributed by atoms with van der Waals surface area (Å²) in [4.78, 5) is 12.2. The minimum Gasteiger partial charge on any atom is -0.423 e. The molecule has 0 N–H and O–H groups in total. The van der Waals surface area contributed by atoms with Crippen LogP contribution in [0.15, 0.2) is 96.4 Å². The van der Waals surface area contributed by atoms with Gasteiger partial charge in [-0.3, -0.25) is 4.31 Å². The SMILES string of the molecule is C=CCN(c1cccc(C(F)(F)F)c1)S(=O)(=O)c1cccc(C(=O)Oc2ccccc2)c1. The number of nitrogens with zero attached hydrogens (tertiary/aromatic N) is 1. The van der Waals surface area contributed by atoms with E-state index in [0.29, 0.717) is 0 Å². The average molecular weight is 461 g/mol. The normalized spacial score (nSPS) is 11.6. The molecule has 0 amide bonds. The minimum absolute atomic E-state index is 0.0301. The highest BCUT2D eigenvalue weighted by atomic mass is 32.2. The van der Waals surface area contributed by atoms with Gasteiger partial charge in [0.25, 0.3) is 10.0 Å². The molecular formula is C23H18F3NO4S. The third-order valence-electron chi connectivity index (χ3n) is 4.37. The number of ether oxygens (including phenoxy) is 1. The van der Waals surface area contributed by atoms with Gasteiger partial charge >= 0.3 is 12.1 Å². The Hall–Kier alpha value is -3.59. The van der Waals surface area contributed by atoms with Gasteiger partial charge in [-0.15, -0.1) is 6.58 Å². The van der Waals surface area contributed by atoms with Crippen molar-refractivity contribution in [3.63, 3.8) is 0 Å². The first-order valence-corrected chi connectivity index (χ1v) is 10.7. The maximum atomic E-state index is 13.3. The van der Waals surface area contributed by atoms with Crippen LogP contribution in [0, 0.1) is 0 Å². The molecule has 3 rings (SSSR count). The van der Waals surface area contributed by atoms with Crippen LogP contribution in [0.3, 0.4) is 0 Å². The highest BCUT2D eigenvalue weighted by Crippen LogP contribution is 2.33. The van der Waals surface area contributed by atoms with Crippen molar-refractivity contribution in [1.82, 2.24) is 0 Å². The highest BCUT2D eigenvalue weighted by molar-refractivity contribution is 7.92. The second-order valence-electron chi connectivity index (χ2n) is 6.60. The molecule has 0 aliphatic heterocycles. The summed E-state index contributed by atoms with van der Waals surface area (Å²) in [6.45, 7) is 3.22. The van der Waals surface area contributed by atoms with Crippen LogP contribution in [-0.4, -0.2) is 20.9 Å². The Morgan fingerprint density at radius 3 is 2.31 bits per heavy atom. The van der Waals surface area contributed by atoms with Crippen molar-refractivity contribution in [3.8, 4) is 5.75 Å². The fourth-order valence-corrected chi connectivity index (χ4v) is 4.34. The lowest BCUT2D eigenvalue weighted by Gasteiger charge is -2.24. The van der Waals surface area contributed by atoms with Gasteiger partial charge < -0.3 is 4.74 Å². The summed E-state index contributed by atoms with van der Waals surface area (Å²) in [6.07, 6.45) is -3.38. The molecule has 5 nitrogen and oxygen atoms in total. The molecule has 0 atom stereocenters. The topological polar surface area (TPSA) is 63.7 Å². The third kappa shape index (κ3) is 5.17. The van der Waals surface area contributed by atoms with Crippen molar-refractivity contribution in [2.75, 3.05) is 10.8 Å². The van der Waals surface area contributed by atoms with Crippen molar-refractivity contribution in [1.29, 1.82) is 0 Å². The Bertz CT molecular complexity index is 1230. The largest absolute Gasteiger partial charge is 0.423 e. The molecule has 0 radical (unpaired) electrons. The van der Waals surface area contributed by atoms with E-state index in [1.54, 1.807) is 30.3 Å². The number of hydrogen-bond acceptors (Lipinski definition) is 4. The maximum absolute atomic E-state index is 13.3. The summed E-state index contributed by atoms with van der Waals surface area (Å²) in [5.74, 6) is -0.495. The minimum atomic E-state index is -4.64. The number of halogens is 3. The monoisotopic (exact) mass is 461 g/mol. The van der Waals surface area contributed by atoms with Gasteiger partial charge in [-0.05, 0) is 48.5 Å². The second kappa shape index (κ2) is 9.27. The molecule has 0 spiro atoms. The van der Waals surface area contributed by atoms with Crippen LogP contribution >= 0.6 is 0 Å². The first-order chi connectivity index (χ1) is 15.1. The van der Waals surface area contributed by atoms with Crippen molar-refractivity contribution in [2.45, 2.75) is 11.1 Å². The number of esters is 1. The van der Waals surface area contributed by atoms with Gasteiger partial charge in [-0.1, -0.05) is 36.4 Å². The maximum Gasteiger partial charge on any atom is 0.416 e. The summed E-state index contributed by atoms with van der Waals surface area (Å²) >= 11 is 0. The number of benzene rings is 3. The molecule has 0 saturated carbocycles. The Labute approximate surface area is 183 Å². The summed E-state index contributed by atoms with van der Waals surface area (Å²) in [5, 5.41) is 0. The van der Waals surface area contributed by atoms with Gasteiger partial charge in [0, 0.05) is 0 Å². The number of anilines is 1. The lowest BCUT2D eigenvalue weighted by Crippen LogP contribution is -2.31. The van der Waals surface area contributed by atoms with E-state index < -0.39 is 27.7 Å². The number of hydrogen-bond donors (Lipinski definition) is 0. The number of sulfonamides is 1. The Kier molecular flexibility index (Phi) is 6.69. The van der Waals surface area contributed by atoms with Gasteiger partial charge in [0.15, 0.2) is 0 Å². The van der Waals surface area contributed by atoms with Gasteiger partial charge in [-0.2, -0.15) is 13.2 Å². The summed E-state index contributed by atoms with van der Waals surface area (Å²) < 4.78 is 71.9. The fourth-order valence-electron chi connectivity index (χ4n) is 2.86. The van der Waals surface area contributed by atoms with Gasteiger partial charge in [0.2, 0.25) is 0 Å². The van der Waals surface area contributed by atoms with E-state index in [0.717, 1.165) is 28.6 Å². The van der Waals surface area contributed by atoms with Crippen LogP contribution in [0.5, 0.6) is 5.75 Å². The quantitative estimate of drug-likeness (QED) is 0.272. The molecular weight excluding hydrogens is 443 g/mol. The molecule has 0 heterocycles. The smallest absolute Gasteiger partial charge is 0.416 e. The number of alkyl halides is 3. The first-order valence-electron chi connectivity index (χ1n) is 9.31. The zero-order valence-corrected chi connectivity index (χ0v) is 17.4. The van der Waals surface area contributed by atoms with Crippen LogP contribution in [-0.2, 0) is 16.2 Å². The van der Waals surface area contributed by atoms with Crippen LogP contribution in [0.25, 0.3) is 0 Å². The molecule has 9 heteroatoms. The molecule has 3 aromatic rings. The predicted molar refractivity (Wildman–Crippen MR) is 114 cm³/mol. The van der Waals surface area contributed by atoms with Crippen molar-refractivity contribution in [2.24, 2.45) is 0 Å². The fraction of sp³-hybridized carbons (Fsp3) is 0.0870. The molecule has 0 aliphatic carbocycles. The molecule has 3 aromatic carbocycles. The second-order valence-corrected chi connectivity index (χ2v) is 8.47. The number of para-hydroxylation sites is 1. The number of carbonyl (C=O) groups is 1. The zero-order valence-electron chi connectivity index (χ0n) is 16.6. The van der Waals surface area contributed by atoms with E-state index in [9.17, 15) is 26.4 Å². The average Bonchev–Trinajstić information content (AvgIpc) is 2.77. The Morgan fingerprint density at radius 2 is 1.66 bits per heavy atom. The summed E-state index contributed by atoms with van der Waals surface area (Å²) in [6, 6.07) is 17.3. The van der Waals surface area contributed by atoms with Crippen molar-refractivity contribution >= 4 is 21.7 Å². The highest BCUT2D eigenvalue weighted by Gasteiger charge is 2.32. The van der Waals surface area contributed by atoms with Crippen LogP contribution in [0.1, 0.15) is 15.9 Å². The van der Waals surface area contributed by atoms with E-state index in [2.05, 4.69) is 6.58 Å². The number of rotatable bonds is 7. The van der Waals surface area contributed by atoms with Crippen LogP contribution in [0.4, 0.5) is 18.9 Å². The van der Waals surface area contributed by atoms with Crippen molar-refractivity contribution in [3.05, 3.63) is 103 Å². The predicted octanol–water partition coefficient (Wildman–Crippen LogP) is 5.31. The molecule has 0 unspecified atom stereocenters. The lowest BCUT2D eigenvalue weighted by atomic mass is 10.2. The van der Waals surface area contributed by atoms with E-state index in [-0.39, 0.29) is 28.4 Å². The van der Waals surface area contributed by atoms with Crippen LogP contribution < -0.4 is 9.04 Å². The molecule has 0 fully saturated rings. The first kappa shape index (κ1) is 23.1. The van der Waals surface area contributed by atoms with Gasteiger partial charge in [0.1, 0.15) is 5.75 Å². The molecule has 0 aliphatic rings. The standard InChI is InChI=1S/C23H18F3NO4S/c1-2-14-27(19-10-7-9-18(16-19)23(24,25)26)32(29,30)21-13-6-8-17(15-21)22(28)31-20-11-4-3-5-12-20/h2-13,15-16H,1,14H2. The molecule has 0 saturated heterocycles. The van der Waals surface area contributed by atoms with Crippen molar-refractivity contribution < 1.29 is 31.1 Å². The molecule has 0 aromatic heterocycles. The summed E-state index contributed by atoms with van der Waals surface area (Å²) in [5.41, 5.74) is -1.20. The Balaban J connectivity index is 1.97. The van der Waals surface area contributed by atoms with Gasteiger partial charge in [-0.25, -0.2) is 13.2 Å². The van der Waals surface area contributed by atoms with E-state index in [1.807, 2.05) is 0 Å².